The number of anilines is 1. The Labute approximate surface area is 289 Å². The molecule has 0 spiro atoms. The maximum absolute atomic E-state index is 15.0. The summed E-state index contributed by atoms with van der Waals surface area (Å²) < 4.78 is 59.1. The number of benzene rings is 1. The monoisotopic (exact) mass is 706 g/mol. The molecule has 1 aromatic rings. The Hall–Kier alpha value is -3.04. The molecule has 0 aromatic heterocycles. The number of rotatable bonds is 6. The van der Waals surface area contributed by atoms with E-state index in [1.165, 1.54) is 16.4 Å². The molecule has 3 saturated heterocycles. The first kappa shape index (κ1) is 37.2. The van der Waals surface area contributed by atoms with Gasteiger partial charge in [0.1, 0.15) is 23.3 Å². The van der Waals surface area contributed by atoms with E-state index >= 15 is 0 Å². The van der Waals surface area contributed by atoms with Crippen LogP contribution >= 0.6 is 0 Å². The van der Waals surface area contributed by atoms with Gasteiger partial charge >= 0.3 is 12.1 Å². The number of aliphatic hydroxyl groups excluding tert-OH is 1. The van der Waals surface area contributed by atoms with Gasteiger partial charge in [0.25, 0.3) is 0 Å². The van der Waals surface area contributed by atoms with Gasteiger partial charge in [0, 0.05) is 64.0 Å². The van der Waals surface area contributed by atoms with Gasteiger partial charge in [-0.05, 0) is 68.1 Å². The van der Waals surface area contributed by atoms with Gasteiger partial charge < -0.3 is 34.0 Å². The molecule has 12 nitrogen and oxygen atoms in total. The minimum absolute atomic E-state index is 0.0973. The van der Waals surface area contributed by atoms with Crippen LogP contribution in [0.1, 0.15) is 45.6 Å². The molecule has 0 radical (unpaired) electrons. The van der Waals surface area contributed by atoms with Crippen molar-refractivity contribution in [1.82, 2.24) is 14.1 Å². The zero-order valence-electron chi connectivity index (χ0n) is 29.0. The summed E-state index contributed by atoms with van der Waals surface area (Å²) in [5, 5.41) is 10.2. The molecule has 5 atom stereocenters. The smallest absolute Gasteiger partial charge is 0.410 e. The first-order valence-corrected chi connectivity index (χ1v) is 18.8. The molecule has 0 saturated carbocycles. The van der Waals surface area contributed by atoms with Crippen molar-refractivity contribution >= 4 is 33.8 Å². The van der Waals surface area contributed by atoms with Crippen molar-refractivity contribution in [3.05, 3.63) is 47.3 Å². The zero-order valence-corrected chi connectivity index (χ0v) is 29.8. The molecule has 0 unspecified atom stereocenters. The Morgan fingerprint density at radius 2 is 1.69 bits per heavy atom. The summed E-state index contributed by atoms with van der Waals surface area (Å²) in [6.45, 7) is 10.3. The van der Waals surface area contributed by atoms with E-state index in [-0.39, 0.29) is 37.6 Å². The third kappa shape index (κ3) is 9.60. The number of hydrogen-bond acceptors (Lipinski definition) is 10. The van der Waals surface area contributed by atoms with Crippen molar-refractivity contribution in [2.45, 2.75) is 63.6 Å². The molecule has 0 bridgehead atoms. The third-order valence-electron chi connectivity index (χ3n) is 10.00. The van der Waals surface area contributed by atoms with Crippen LogP contribution < -0.4 is 4.90 Å². The summed E-state index contributed by atoms with van der Waals surface area (Å²) in [5.41, 5.74) is 1.88. The number of likely N-dealkylation sites (N-methyl/N-ethyl adjacent to an activating group) is 1. The Morgan fingerprint density at radius 1 is 1.00 bits per heavy atom. The van der Waals surface area contributed by atoms with Crippen LogP contribution in [0, 0.1) is 17.7 Å². The van der Waals surface area contributed by atoms with E-state index in [9.17, 15) is 27.5 Å². The standard InChI is InChI=1S/C35H51FN4O8S/c1-24-5-7-30(41)21-33(42)48-34(25(2)6-8-32(24)47-35(43)39-11-9-37(4)10-12-39)26(3)17-27-18-28(36)20-29(19-27)38-13-15-40(16-14-38)49(44,45)31-22-46-23-31/h6,8,17-20,24-25,30-32,34,41H,5,7,9-16,21-23H2,1-4H3/b8-6+,26-17+/t24-,25-,30+,32+,34-/m0/s1. The lowest BCUT2D eigenvalue weighted by atomic mass is 9.91. The van der Waals surface area contributed by atoms with Gasteiger partial charge in [-0.15, -0.1) is 0 Å². The normalized spacial score (nSPS) is 29.7. The summed E-state index contributed by atoms with van der Waals surface area (Å²) in [4.78, 5) is 31.9. The number of esters is 1. The predicted molar refractivity (Wildman–Crippen MR) is 184 cm³/mol. The SMILES string of the molecule is C/C(=C\c1cc(F)cc(N2CCN(S(=O)(=O)C3COC3)CC2)c1)[C@H]1OC(=O)C[C@H](O)CC[C@H](C)[C@H](OC(=O)N2CCN(C)CC2)/C=C/[C@@H]1C. The van der Waals surface area contributed by atoms with Crippen molar-refractivity contribution in [2.75, 3.05) is 77.5 Å². The number of cyclic esters (lactones) is 1. The average molecular weight is 707 g/mol. The van der Waals surface area contributed by atoms with E-state index in [0.29, 0.717) is 68.9 Å². The lowest BCUT2D eigenvalue weighted by molar-refractivity contribution is -0.151. The molecule has 272 valence electrons. The number of carbonyl (C=O) groups is 2. The molecular formula is C35H51FN4O8S. The summed E-state index contributed by atoms with van der Waals surface area (Å²) in [6.07, 6.45) is 3.72. The molecule has 1 amide bonds. The first-order chi connectivity index (χ1) is 23.3. The van der Waals surface area contributed by atoms with Crippen molar-refractivity contribution in [2.24, 2.45) is 11.8 Å². The van der Waals surface area contributed by atoms with Crippen molar-refractivity contribution in [1.29, 1.82) is 0 Å². The van der Waals surface area contributed by atoms with Gasteiger partial charge in [-0.25, -0.2) is 17.6 Å². The van der Waals surface area contributed by atoms with Gasteiger partial charge in [-0.2, -0.15) is 4.31 Å². The van der Waals surface area contributed by atoms with E-state index in [1.54, 1.807) is 11.0 Å². The highest BCUT2D eigenvalue weighted by Crippen LogP contribution is 2.28. The number of ether oxygens (including phenoxy) is 3. The maximum atomic E-state index is 15.0. The number of piperazine rings is 2. The summed E-state index contributed by atoms with van der Waals surface area (Å²) in [7, 11) is -1.40. The highest BCUT2D eigenvalue weighted by Gasteiger charge is 2.38. The predicted octanol–water partition coefficient (Wildman–Crippen LogP) is 3.12. The van der Waals surface area contributed by atoms with Crippen LogP contribution in [-0.2, 0) is 29.0 Å². The molecule has 49 heavy (non-hydrogen) atoms. The number of halogens is 1. The average Bonchev–Trinajstić information content (AvgIpc) is 3.02. The highest BCUT2D eigenvalue weighted by molar-refractivity contribution is 7.89. The fourth-order valence-corrected chi connectivity index (χ4v) is 8.26. The quantitative estimate of drug-likeness (QED) is 0.348. The van der Waals surface area contributed by atoms with Crippen LogP contribution in [0.15, 0.2) is 35.9 Å². The Kier molecular flexibility index (Phi) is 12.4. The second kappa shape index (κ2) is 16.3. The topological polar surface area (TPSA) is 129 Å². The Balaban J connectivity index is 1.32. The molecule has 14 heteroatoms. The van der Waals surface area contributed by atoms with Crippen LogP contribution in [0.2, 0.25) is 0 Å². The second-order valence-corrected chi connectivity index (χ2v) is 16.1. The highest BCUT2D eigenvalue weighted by atomic mass is 32.2. The number of sulfonamides is 1. The van der Waals surface area contributed by atoms with E-state index < -0.39 is 45.4 Å². The van der Waals surface area contributed by atoms with Crippen molar-refractivity contribution in [3.63, 3.8) is 0 Å². The second-order valence-electron chi connectivity index (χ2n) is 13.9. The van der Waals surface area contributed by atoms with Crippen molar-refractivity contribution in [3.8, 4) is 0 Å². The van der Waals surface area contributed by atoms with Crippen LogP contribution in [0.5, 0.6) is 0 Å². The molecular weight excluding hydrogens is 655 g/mol. The molecule has 5 rings (SSSR count). The van der Waals surface area contributed by atoms with Gasteiger partial charge in [-0.3, -0.25) is 4.79 Å². The maximum Gasteiger partial charge on any atom is 0.410 e. The number of aliphatic hydroxyl groups is 1. The van der Waals surface area contributed by atoms with Crippen LogP contribution in [0.25, 0.3) is 6.08 Å². The number of hydrogen-bond donors (Lipinski definition) is 1. The lowest BCUT2D eigenvalue weighted by Crippen LogP contribution is -2.55. The molecule has 0 aliphatic carbocycles. The van der Waals surface area contributed by atoms with Crippen molar-refractivity contribution < 1.29 is 41.7 Å². The van der Waals surface area contributed by atoms with E-state index in [2.05, 4.69) is 4.90 Å². The Morgan fingerprint density at radius 3 is 2.35 bits per heavy atom. The fraction of sp³-hybridized carbons (Fsp3) is 0.657. The van der Waals surface area contributed by atoms with Gasteiger partial charge in [0.05, 0.1) is 25.7 Å². The molecule has 4 aliphatic rings. The molecule has 4 heterocycles. The molecule has 3 fully saturated rings. The van der Waals surface area contributed by atoms with E-state index in [0.717, 1.165) is 13.1 Å². The number of nitrogens with zero attached hydrogens (tertiary/aromatic N) is 4. The lowest BCUT2D eigenvalue weighted by Gasteiger charge is -2.38. The van der Waals surface area contributed by atoms with Crippen LogP contribution in [0.4, 0.5) is 14.9 Å². The molecule has 1 aromatic carbocycles. The van der Waals surface area contributed by atoms with Gasteiger partial charge in [0.2, 0.25) is 10.0 Å². The van der Waals surface area contributed by atoms with Gasteiger partial charge in [-0.1, -0.05) is 26.0 Å². The third-order valence-corrected chi connectivity index (χ3v) is 12.2. The van der Waals surface area contributed by atoms with Crippen LogP contribution in [-0.4, -0.2) is 136 Å². The Bertz CT molecular complexity index is 1490. The van der Waals surface area contributed by atoms with Gasteiger partial charge in [0.15, 0.2) is 0 Å². The summed E-state index contributed by atoms with van der Waals surface area (Å²) in [5.74, 6) is -1.40. The minimum atomic E-state index is -3.42. The first-order valence-electron chi connectivity index (χ1n) is 17.3. The van der Waals surface area contributed by atoms with E-state index in [1.807, 2.05) is 50.9 Å². The molecule has 4 aliphatic heterocycles. The largest absolute Gasteiger partial charge is 0.457 e. The van der Waals surface area contributed by atoms with E-state index in [4.69, 9.17) is 14.2 Å². The summed E-state index contributed by atoms with van der Waals surface area (Å²) in [6, 6.07) is 4.68. The van der Waals surface area contributed by atoms with Crippen LogP contribution in [0.3, 0.4) is 0 Å². The minimum Gasteiger partial charge on any atom is -0.457 e. The molecule has 1 N–H and O–H groups in total. The number of carbonyl (C=O) groups excluding carboxylic acids is 2. The zero-order chi connectivity index (χ0) is 35.3. The fourth-order valence-electron chi connectivity index (χ4n) is 6.63. The summed E-state index contributed by atoms with van der Waals surface area (Å²) >= 11 is 0. The number of amides is 1.